The van der Waals surface area contributed by atoms with Gasteiger partial charge in [0.25, 0.3) is 0 Å². The number of aryl methyl sites for hydroxylation is 1. The number of hydrogen-bond acceptors (Lipinski definition) is 2. The van der Waals surface area contributed by atoms with Crippen LogP contribution >= 0.6 is 0 Å². The van der Waals surface area contributed by atoms with E-state index in [-0.39, 0.29) is 16.4 Å². The van der Waals surface area contributed by atoms with Gasteiger partial charge in [-0.2, -0.15) is 0 Å². The fraction of sp³-hybridized carbons (Fsp3) is 0.667. The van der Waals surface area contributed by atoms with Crippen LogP contribution in [0.5, 0.6) is 5.75 Å². The van der Waals surface area contributed by atoms with Crippen LogP contribution in [0.4, 0.5) is 0 Å². The number of hydrogen-bond donors (Lipinski definition) is 0. The third-order valence-electron chi connectivity index (χ3n) is 6.53. The molecule has 0 radical (unpaired) electrons. The van der Waals surface area contributed by atoms with Gasteiger partial charge < -0.3 is 9.47 Å². The minimum atomic E-state index is -0.0780. The standard InChI is InChI=1S/C24H36O2/c1-22(2,3)26-21-12-11-20-23(4,14-8-15-24(20,21)5)16-13-18-9-7-10-19(17-18)25-6/h7,9-11,17,21H,8,12-16H2,1-6H3/t21-,23+,24-/m0/s1. The van der Waals surface area contributed by atoms with E-state index in [1.54, 1.807) is 12.7 Å². The van der Waals surface area contributed by atoms with Crippen LogP contribution in [0, 0.1) is 10.8 Å². The Morgan fingerprint density at radius 2 is 1.92 bits per heavy atom. The van der Waals surface area contributed by atoms with Crippen molar-refractivity contribution in [3.05, 3.63) is 41.5 Å². The summed E-state index contributed by atoms with van der Waals surface area (Å²) in [5.74, 6) is 0.958. The monoisotopic (exact) mass is 356 g/mol. The predicted octanol–water partition coefficient (Wildman–Crippen LogP) is 6.34. The summed E-state index contributed by atoms with van der Waals surface area (Å²) in [5.41, 5.74) is 3.44. The molecule has 1 aromatic carbocycles. The summed E-state index contributed by atoms with van der Waals surface area (Å²) in [7, 11) is 1.74. The average molecular weight is 357 g/mol. The summed E-state index contributed by atoms with van der Waals surface area (Å²) in [6.45, 7) is 11.5. The minimum absolute atomic E-state index is 0.0780. The van der Waals surface area contributed by atoms with Gasteiger partial charge in [-0.25, -0.2) is 0 Å². The Kier molecular flexibility index (Phi) is 5.27. The predicted molar refractivity (Wildman–Crippen MR) is 109 cm³/mol. The van der Waals surface area contributed by atoms with Crippen molar-refractivity contribution in [3.8, 4) is 5.75 Å². The lowest BCUT2D eigenvalue weighted by molar-refractivity contribution is -0.106. The first-order valence-corrected chi connectivity index (χ1v) is 10.2. The minimum Gasteiger partial charge on any atom is -0.497 e. The molecular formula is C24H36O2. The zero-order chi connectivity index (χ0) is 19.0. The summed E-state index contributed by atoms with van der Waals surface area (Å²) < 4.78 is 11.9. The molecular weight excluding hydrogens is 320 g/mol. The second-order valence-electron chi connectivity index (χ2n) is 9.76. The highest BCUT2D eigenvalue weighted by atomic mass is 16.5. The Morgan fingerprint density at radius 3 is 2.62 bits per heavy atom. The van der Waals surface area contributed by atoms with Crippen LogP contribution in [0.3, 0.4) is 0 Å². The molecule has 0 amide bonds. The quantitative estimate of drug-likeness (QED) is 0.573. The fourth-order valence-corrected chi connectivity index (χ4v) is 5.22. The van der Waals surface area contributed by atoms with Gasteiger partial charge in [0.2, 0.25) is 0 Å². The molecule has 2 aliphatic rings. The SMILES string of the molecule is COc1cccc(CC[C@@]2(C)CCC[C@@]3(C)C2=CC[C@@H]3OC(C)(C)C)c1. The molecule has 0 N–H and O–H groups in total. The van der Waals surface area contributed by atoms with E-state index in [4.69, 9.17) is 9.47 Å². The van der Waals surface area contributed by atoms with E-state index in [0.717, 1.165) is 18.6 Å². The van der Waals surface area contributed by atoms with Crippen molar-refractivity contribution < 1.29 is 9.47 Å². The lowest BCUT2D eigenvalue weighted by atomic mass is 9.58. The Morgan fingerprint density at radius 1 is 1.15 bits per heavy atom. The third kappa shape index (κ3) is 3.86. The molecule has 1 aromatic rings. The van der Waals surface area contributed by atoms with Crippen molar-refractivity contribution in [1.82, 2.24) is 0 Å². The van der Waals surface area contributed by atoms with Crippen molar-refractivity contribution in [2.45, 2.75) is 84.8 Å². The zero-order valence-corrected chi connectivity index (χ0v) is 17.5. The first-order chi connectivity index (χ1) is 12.2. The maximum Gasteiger partial charge on any atom is 0.119 e. The Balaban J connectivity index is 1.75. The highest BCUT2D eigenvalue weighted by molar-refractivity contribution is 5.33. The largest absolute Gasteiger partial charge is 0.497 e. The molecule has 0 saturated heterocycles. The average Bonchev–Trinajstić information content (AvgIpc) is 2.90. The number of methoxy groups -OCH3 is 1. The van der Waals surface area contributed by atoms with Gasteiger partial charge in [0.1, 0.15) is 5.75 Å². The molecule has 3 rings (SSSR count). The third-order valence-corrected chi connectivity index (χ3v) is 6.53. The molecule has 0 aliphatic heterocycles. The van der Waals surface area contributed by atoms with Crippen LogP contribution in [-0.2, 0) is 11.2 Å². The Hall–Kier alpha value is -1.28. The van der Waals surface area contributed by atoms with Crippen LogP contribution in [0.25, 0.3) is 0 Å². The summed E-state index contributed by atoms with van der Waals surface area (Å²) in [4.78, 5) is 0. The Bertz CT molecular complexity index is 669. The fourth-order valence-electron chi connectivity index (χ4n) is 5.22. The first-order valence-electron chi connectivity index (χ1n) is 10.2. The molecule has 0 unspecified atom stereocenters. The number of fused-ring (bicyclic) bond motifs is 1. The maximum atomic E-state index is 6.49. The van der Waals surface area contributed by atoms with Gasteiger partial charge in [-0.3, -0.25) is 0 Å². The van der Waals surface area contributed by atoms with Gasteiger partial charge >= 0.3 is 0 Å². The highest BCUT2D eigenvalue weighted by Gasteiger charge is 2.51. The van der Waals surface area contributed by atoms with Gasteiger partial charge in [-0.15, -0.1) is 0 Å². The summed E-state index contributed by atoms with van der Waals surface area (Å²) in [5, 5.41) is 0. The smallest absolute Gasteiger partial charge is 0.119 e. The lowest BCUT2D eigenvalue weighted by Crippen LogP contribution is -2.44. The van der Waals surface area contributed by atoms with Crippen molar-refractivity contribution in [3.63, 3.8) is 0 Å². The number of benzene rings is 1. The molecule has 0 bridgehead atoms. The summed E-state index contributed by atoms with van der Waals surface area (Å²) >= 11 is 0. The molecule has 3 atom stereocenters. The van der Waals surface area contributed by atoms with Crippen molar-refractivity contribution in [2.24, 2.45) is 10.8 Å². The van der Waals surface area contributed by atoms with E-state index in [0.29, 0.717) is 6.10 Å². The van der Waals surface area contributed by atoms with Crippen LogP contribution < -0.4 is 4.74 Å². The molecule has 1 fully saturated rings. The van der Waals surface area contributed by atoms with E-state index < -0.39 is 0 Å². The second-order valence-corrected chi connectivity index (χ2v) is 9.76. The molecule has 0 aromatic heterocycles. The van der Waals surface area contributed by atoms with Gasteiger partial charge in [0, 0.05) is 5.41 Å². The normalized spacial score (nSPS) is 31.5. The Labute approximate surface area is 160 Å². The van der Waals surface area contributed by atoms with E-state index in [9.17, 15) is 0 Å². The van der Waals surface area contributed by atoms with E-state index >= 15 is 0 Å². The summed E-state index contributed by atoms with van der Waals surface area (Å²) in [6.07, 6.45) is 10.1. The summed E-state index contributed by atoms with van der Waals surface area (Å²) in [6, 6.07) is 8.53. The molecule has 144 valence electrons. The van der Waals surface area contributed by atoms with Crippen molar-refractivity contribution in [1.29, 1.82) is 0 Å². The number of rotatable bonds is 5. The van der Waals surface area contributed by atoms with Gasteiger partial charge in [-0.05, 0) is 76.0 Å². The molecule has 26 heavy (non-hydrogen) atoms. The van der Waals surface area contributed by atoms with Crippen LogP contribution in [0.15, 0.2) is 35.9 Å². The molecule has 0 spiro atoms. The van der Waals surface area contributed by atoms with Crippen molar-refractivity contribution >= 4 is 0 Å². The lowest BCUT2D eigenvalue weighted by Gasteiger charge is -2.49. The zero-order valence-electron chi connectivity index (χ0n) is 17.5. The van der Waals surface area contributed by atoms with Crippen molar-refractivity contribution in [2.75, 3.05) is 7.11 Å². The van der Waals surface area contributed by atoms with E-state index in [1.807, 2.05) is 6.07 Å². The molecule has 2 nitrogen and oxygen atoms in total. The molecule has 0 heterocycles. The van der Waals surface area contributed by atoms with Crippen LogP contribution in [-0.4, -0.2) is 18.8 Å². The highest BCUT2D eigenvalue weighted by Crippen LogP contribution is 2.59. The maximum absolute atomic E-state index is 6.49. The number of ether oxygens (including phenoxy) is 2. The topological polar surface area (TPSA) is 18.5 Å². The van der Waals surface area contributed by atoms with Gasteiger partial charge in [0.05, 0.1) is 18.8 Å². The van der Waals surface area contributed by atoms with Gasteiger partial charge in [0.15, 0.2) is 0 Å². The van der Waals surface area contributed by atoms with E-state index in [1.165, 1.54) is 31.2 Å². The van der Waals surface area contributed by atoms with Crippen LogP contribution in [0.2, 0.25) is 0 Å². The molecule has 2 heteroatoms. The molecule has 2 aliphatic carbocycles. The van der Waals surface area contributed by atoms with Crippen LogP contribution in [0.1, 0.15) is 72.3 Å². The van der Waals surface area contributed by atoms with E-state index in [2.05, 4.69) is 58.9 Å². The second kappa shape index (κ2) is 7.03. The first kappa shape index (κ1) is 19.5. The van der Waals surface area contributed by atoms with Gasteiger partial charge in [-0.1, -0.05) is 44.1 Å². The molecule has 1 saturated carbocycles.